The Bertz CT molecular complexity index is 744. The number of carbonyl (C=O) groups is 1. The first-order chi connectivity index (χ1) is 12.2. The van der Waals surface area contributed by atoms with Crippen LogP contribution in [0.3, 0.4) is 0 Å². The molecule has 0 unspecified atom stereocenters. The van der Waals surface area contributed by atoms with Crippen LogP contribution in [-0.2, 0) is 6.54 Å². The molecule has 6 heteroatoms. The van der Waals surface area contributed by atoms with Gasteiger partial charge in [0.1, 0.15) is 5.75 Å². The number of fused-ring (bicyclic) bond motifs is 1. The van der Waals surface area contributed by atoms with Crippen molar-refractivity contribution < 1.29 is 9.53 Å². The maximum atomic E-state index is 13.2. The van der Waals surface area contributed by atoms with Gasteiger partial charge in [0.2, 0.25) is 0 Å². The van der Waals surface area contributed by atoms with E-state index in [4.69, 9.17) is 22.1 Å². The van der Waals surface area contributed by atoms with Crippen LogP contribution in [-0.4, -0.2) is 35.1 Å². The summed E-state index contributed by atoms with van der Waals surface area (Å²) in [6.07, 6.45) is 3.67. The highest BCUT2D eigenvalue weighted by Crippen LogP contribution is 2.32. The van der Waals surface area contributed by atoms with Gasteiger partial charge >= 0.3 is 0 Å². The van der Waals surface area contributed by atoms with Gasteiger partial charge in [0.15, 0.2) is 0 Å². The van der Waals surface area contributed by atoms with E-state index in [2.05, 4.69) is 23.8 Å². The maximum Gasteiger partial charge on any atom is 0.258 e. The molecule has 1 aromatic carbocycles. The molecule has 0 bridgehead atoms. The van der Waals surface area contributed by atoms with Crippen LogP contribution in [0, 0.1) is 0 Å². The van der Waals surface area contributed by atoms with E-state index in [1.807, 2.05) is 11.0 Å². The normalized spacial score (nSPS) is 16.6. The van der Waals surface area contributed by atoms with Gasteiger partial charge in [-0.25, -0.2) is 0 Å². The lowest BCUT2D eigenvalue weighted by molar-refractivity contribution is 0.0613. The molecule has 1 aliphatic heterocycles. The first-order valence-corrected chi connectivity index (χ1v) is 9.12. The van der Waals surface area contributed by atoms with E-state index in [9.17, 15) is 4.79 Å². The van der Waals surface area contributed by atoms with Gasteiger partial charge in [0.25, 0.3) is 5.91 Å². The van der Waals surface area contributed by atoms with Gasteiger partial charge in [-0.1, -0.05) is 18.5 Å². The molecule has 0 saturated carbocycles. The smallest absolute Gasteiger partial charge is 0.258 e. The third kappa shape index (κ3) is 3.67. The molecule has 3 rings (SSSR count). The zero-order valence-corrected chi connectivity index (χ0v) is 15.2. The number of nitrogens with two attached hydrogens (primary N) is 1. The van der Waals surface area contributed by atoms with Gasteiger partial charge in [-0.2, -0.15) is 0 Å². The number of amides is 1. The van der Waals surface area contributed by atoms with E-state index in [1.165, 1.54) is 5.69 Å². The number of hydrogen-bond donors (Lipinski definition) is 1. The van der Waals surface area contributed by atoms with Gasteiger partial charge in [-0.05, 0) is 49.7 Å². The number of aromatic nitrogens is 1. The number of rotatable bonds is 6. The molecule has 1 aromatic heterocycles. The third-order valence-electron chi connectivity index (χ3n) is 4.59. The summed E-state index contributed by atoms with van der Waals surface area (Å²) in [7, 11) is 0. The van der Waals surface area contributed by atoms with E-state index in [-0.39, 0.29) is 11.9 Å². The summed E-state index contributed by atoms with van der Waals surface area (Å²) in [5, 5.41) is 0.555. The van der Waals surface area contributed by atoms with Gasteiger partial charge in [-0.15, -0.1) is 0 Å². The van der Waals surface area contributed by atoms with Gasteiger partial charge in [-0.3, -0.25) is 4.79 Å². The molecule has 2 aromatic rings. The van der Waals surface area contributed by atoms with Gasteiger partial charge < -0.3 is 19.9 Å². The summed E-state index contributed by atoms with van der Waals surface area (Å²) in [5.41, 5.74) is 7.26. The highest BCUT2D eigenvalue weighted by atomic mass is 35.5. The Morgan fingerprint density at radius 1 is 1.36 bits per heavy atom. The molecule has 0 radical (unpaired) electrons. The van der Waals surface area contributed by atoms with Crippen LogP contribution < -0.4 is 10.5 Å². The SMILES string of the molecule is CC[C@@H]1c2cccn2CCN1C(=O)c1ccc(Cl)cc1OCCCN. The van der Waals surface area contributed by atoms with Crippen LogP contribution in [0.2, 0.25) is 5.02 Å². The Balaban J connectivity index is 1.87. The molecule has 1 atom stereocenters. The van der Waals surface area contributed by atoms with Gasteiger partial charge in [0, 0.05) is 30.0 Å². The lowest BCUT2D eigenvalue weighted by Gasteiger charge is -2.37. The quantitative estimate of drug-likeness (QED) is 0.801. The summed E-state index contributed by atoms with van der Waals surface area (Å²) < 4.78 is 8.00. The van der Waals surface area contributed by atoms with E-state index >= 15 is 0 Å². The number of halogens is 1. The molecule has 1 aliphatic rings. The topological polar surface area (TPSA) is 60.5 Å². The summed E-state index contributed by atoms with van der Waals surface area (Å²) in [5.74, 6) is 0.514. The lowest BCUT2D eigenvalue weighted by atomic mass is 10.0. The van der Waals surface area contributed by atoms with E-state index in [1.54, 1.807) is 18.2 Å². The Labute approximate surface area is 153 Å². The fraction of sp³-hybridized carbons (Fsp3) is 0.421. The van der Waals surface area contributed by atoms with Crippen LogP contribution in [0.1, 0.15) is 41.9 Å². The lowest BCUT2D eigenvalue weighted by Crippen LogP contribution is -2.41. The number of hydrogen-bond acceptors (Lipinski definition) is 3. The van der Waals surface area contributed by atoms with Crippen LogP contribution in [0.25, 0.3) is 0 Å². The second-order valence-corrected chi connectivity index (χ2v) is 6.62. The zero-order valence-electron chi connectivity index (χ0n) is 14.5. The van der Waals surface area contributed by atoms with E-state index in [0.717, 1.165) is 19.4 Å². The number of carbonyl (C=O) groups excluding carboxylic acids is 1. The van der Waals surface area contributed by atoms with Crippen molar-refractivity contribution in [2.75, 3.05) is 19.7 Å². The fourth-order valence-corrected chi connectivity index (χ4v) is 3.51. The molecule has 2 heterocycles. The van der Waals surface area contributed by atoms with Crippen LogP contribution in [0.4, 0.5) is 0 Å². The molecule has 5 nitrogen and oxygen atoms in total. The van der Waals surface area contributed by atoms with Crippen molar-refractivity contribution >= 4 is 17.5 Å². The minimum atomic E-state index is -0.0151. The summed E-state index contributed by atoms with van der Waals surface area (Å²) >= 11 is 6.10. The second kappa shape index (κ2) is 7.93. The predicted molar refractivity (Wildman–Crippen MR) is 99.1 cm³/mol. The van der Waals surface area contributed by atoms with Gasteiger partial charge in [0.05, 0.1) is 18.2 Å². The van der Waals surface area contributed by atoms with Crippen molar-refractivity contribution in [1.82, 2.24) is 9.47 Å². The minimum absolute atomic E-state index is 0.0151. The molecule has 2 N–H and O–H groups in total. The monoisotopic (exact) mass is 361 g/mol. The summed E-state index contributed by atoms with van der Waals surface area (Å²) in [4.78, 5) is 15.2. The largest absolute Gasteiger partial charge is 0.493 e. The van der Waals surface area contributed by atoms with E-state index < -0.39 is 0 Å². The maximum absolute atomic E-state index is 13.2. The van der Waals surface area contributed by atoms with Crippen molar-refractivity contribution in [3.05, 3.63) is 52.8 Å². The average molecular weight is 362 g/mol. The Hall–Kier alpha value is -1.98. The molecule has 134 valence electrons. The Morgan fingerprint density at radius 2 is 2.20 bits per heavy atom. The van der Waals surface area contributed by atoms with Crippen LogP contribution >= 0.6 is 11.6 Å². The highest BCUT2D eigenvalue weighted by Gasteiger charge is 2.31. The van der Waals surface area contributed by atoms with Crippen LogP contribution in [0.15, 0.2) is 36.5 Å². The number of nitrogens with zero attached hydrogens (tertiary/aromatic N) is 2. The van der Waals surface area contributed by atoms with Crippen molar-refractivity contribution in [1.29, 1.82) is 0 Å². The molecule has 0 spiro atoms. The fourth-order valence-electron chi connectivity index (χ4n) is 3.35. The molecular formula is C19H24ClN3O2. The predicted octanol–water partition coefficient (Wildman–Crippen LogP) is 3.48. The molecule has 25 heavy (non-hydrogen) atoms. The minimum Gasteiger partial charge on any atom is -0.493 e. The van der Waals surface area contributed by atoms with Crippen molar-refractivity contribution in [3.8, 4) is 5.75 Å². The van der Waals surface area contributed by atoms with E-state index in [0.29, 0.717) is 36.0 Å². The Morgan fingerprint density at radius 3 is 2.96 bits per heavy atom. The highest BCUT2D eigenvalue weighted by molar-refractivity contribution is 6.30. The first-order valence-electron chi connectivity index (χ1n) is 8.74. The van der Waals surface area contributed by atoms with Crippen molar-refractivity contribution in [3.63, 3.8) is 0 Å². The molecule has 0 aliphatic carbocycles. The van der Waals surface area contributed by atoms with Crippen LogP contribution in [0.5, 0.6) is 5.75 Å². The molecule has 0 fully saturated rings. The standard InChI is InChI=1S/C19H24ClN3O2/c1-2-16-17-5-3-9-22(17)10-11-23(16)19(24)15-7-6-14(20)13-18(15)25-12-4-8-21/h3,5-7,9,13,16H,2,4,8,10-12,21H2,1H3/t16-/m1/s1. The van der Waals surface area contributed by atoms with Crippen molar-refractivity contribution in [2.24, 2.45) is 5.73 Å². The molecule has 1 amide bonds. The second-order valence-electron chi connectivity index (χ2n) is 6.18. The first kappa shape index (κ1) is 17.8. The molecule has 0 saturated heterocycles. The number of benzene rings is 1. The zero-order chi connectivity index (χ0) is 17.8. The molecular weight excluding hydrogens is 338 g/mol. The van der Waals surface area contributed by atoms with Crippen molar-refractivity contribution in [2.45, 2.75) is 32.4 Å². The number of ether oxygens (including phenoxy) is 1. The summed E-state index contributed by atoms with van der Waals surface area (Å²) in [6.45, 7) is 4.61. The summed E-state index contributed by atoms with van der Waals surface area (Å²) in [6, 6.07) is 9.40. The third-order valence-corrected chi connectivity index (χ3v) is 4.83. The average Bonchev–Trinajstić information content (AvgIpc) is 3.09. The Kier molecular flexibility index (Phi) is 5.66.